The van der Waals surface area contributed by atoms with Crippen molar-refractivity contribution >= 4 is 46.3 Å². The summed E-state index contributed by atoms with van der Waals surface area (Å²) >= 11 is 9.36. The van der Waals surface area contributed by atoms with Crippen LogP contribution in [0, 0.1) is 0 Å². The van der Waals surface area contributed by atoms with Gasteiger partial charge in [-0.1, -0.05) is 29.8 Å². The molecule has 0 aliphatic carbocycles. The molecule has 0 radical (unpaired) electrons. The van der Waals surface area contributed by atoms with Gasteiger partial charge in [-0.05, 0) is 35.9 Å². The van der Waals surface area contributed by atoms with E-state index < -0.39 is 0 Å². The van der Waals surface area contributed by atoms with Crippen LogP contribution in [0.3, 0.4) is 0 Å². The zero-order valence-corrected chi connectivity index (χ0v) is 15.7. The summed E-state index contributed by atoms with van der Waals surface area (Å²) in [4.78, 5) is 15.8. The average Bonchev–Trinajstić information content (AvgIpc) is 3.07. The van der Waals surface area contributed by atoms with E-state index in [1.54, 1.807) is 37.1 Å². The topological polar surface area (TPSA) is 38.3 Å². The maximum absolute atomic E-state index is 12.7. The fraction of sp³-hybridized carbons (Fsp3) is 0.105. The van der Waals surface area contributed by atoms with Gasteiger partial charge in [0, 0.05) is 26.1 Å². The molecule has 2 aromatic carbocycles. The lowest BCUT2D eigenvalue weighted by Crippen LogP contribution is -2.11. The van der Waals surface area contributed by atoms with Gasteiger partial charge in [-0.2, -0.15) is 0 Å². The molecule has 1 aliphatic heterocycles. The van der Waals surface area contributed by atoms with Crippen LogP contribution in [0.25, 0.3) is 10.4 Å². The normalized spacial score (nSPS) is 12.2. The number of ether oxygens (including phenoxy) is 1. The molecule has 126 valence electrons. The molecule has 0 saturated carbocycles. The minimum atomic E-state index is -0.151. The van der Waals surface area contributed by atoms with E-state index in [0.717, 1.165) is 5.75 Å². The van der Waals surface area contributed by atoms with Crippen molar-refractivity contribution in [2.75, 3.05) is 12.4 Å². The van der Waals surface area contributed by atoms with E-state index in [-0.39, 0.29) is 5.91 Å². The summed E-state index contributed by atoms with van der Waals surface area (Å²) in [7, 11) is 1.57. The number of carbonyl (C=O) groups excluding carboxylic acids is 1. The van der Waals surface area contributed by atoms with Crippen LogP contribution in [0.2, 0.25) is 5.02 Å². The van der Waals surface area contributed by atoms with E-state index in [2.05, 4.69) is 17.4 Å². The van der Waals surface area contributed by atoms with Crippen LogP contribution in [0.5, 0.6) is 5.75 Å². The lowest BCUT2D eigenvalue weighted by atomic mass is 10.1. The predicted octanol–water partition coefficient (Wildman–Crippen LogP) is 5.94. The lowest BCUT2D eigenvalue weighted by molar-refractivity contribution is 0.103. The minimum Gasteiger partial charge on any atom is -0.495 e. The SMILES string of the molecule is COc1ccc(Cl)cc1NC(=O)c1cc2c(s1)-c1ccccc1SC2. The van der Waals surface area contributed by atoms with E-state index in [0.29, 0.717) is 21.3 Å². The molecule has 0 atom stereocenters. The maximum Gasteiger partial charge on any atom is 0.265 e. The highest BCUT2D eigenvalue weighted by Crippen LogP contribution is 2.45. The number of rotatable bonds is 3. The summed E-state index contributed by atoms with van der Waals surface area (Å²) < 4.78 is 5.29. The van der Waals surface area contributed by atoms with Crippen molar-refractivity contribution in [2.24, 2.45) is 0 Å². The van der Waals surface area contributed by atoms with Gasteiger partial charge in [-0.15, -0.1) is 23.1 Å². The molecule has 25 heavy (non-hydrogen) atoms. The number of hydrogen-bond acceptors (Lipinski definition) is 4. The van der Waals surface area contributed by atoms with E-state index in [9.17, 15) is 4.79 Å². The Morgan fingerprint density at radius 3 is 2.88 bits per heavy atom. The van der Waals surface area contributed by atoms with E-state index in [1.807, 2.05) is 18.2 Å². The van der Waals surface area contributed by atoms with Gasteiger partial charge in [0.2, 0.25) is 0 Å². The second-order valence-electron chi connectivity index (χ2n) is 5.55. The van der Waals surface area contributed by atoms with Crippen LogP contribution in [0.1, 0.15) is 15.2 Å². The smallest absolute Gasteiger partial charge is 0.265 e. The van der Waals surface area contributed by atoms with Gasteiger partial charge < -0.3 is 10.1 Å². The minimum absolute atomic E-state index is 0.151. The summed E-state index contributed by atoms with van der Waals surface area (Å²) in [5.41, 5.74) is 2.98. The maximum atomic E-state index is 12.7. The zero-order valence-electron chi connectivity index (χ0n) is 13.3. The summed E-state index contributed by atoms with van der Waals surface area (Å²) in [6.07, 6.45) is 0. The zero-order chi connectivity index (χ0) is 17.4. The number of nitrogens with one attached hydrogen (secondary N) is 1. The van der Waals surface area contributed by atoms with Crippen LogP contribution < -0.4 is 10.1 Å². The number of fused-ring (bicyclic) bond motifs is 3. The molecule has 1 aliphatic rings. The van der Waals surface area contributed by atoms with Gasteiger partial charge in [-0.3, -0.25) is 4.79 Å². The van der Waals surface area contributed by atoms with E-state index >= 15 is 0 Å². The number of carbonyl (C=O) groups is 1. The molecule has 0 saturated heterocycles. The molecule has 6 heteroatoms. The molecular formula is C19H14ClNO2S2. The van der Waals surface area contributed by atoms with Gasteiger partial charge in [-0.25, -0.2) is 0 Å². The summed E-state index contributed by atoms with van der Waals surface area (Å²) in [5, 5.41) is 3.45. The van der Waals surface area contributed by atoms with Crippen molar-refractivity contribution in [1.29, 1.82) is 0 Å². The largest absolute Gasteiger partial charge is 0.495 e. The Labute approximate surface area is 159 Å². The van der Waals surface area contributed by atoms with Crippen LogP contribution in [0.15, 0.2) is 53.4 Å². The van der Waals surface area contributed by atoms with Gasteiger partial charge in [0.15, 0.2) is 0 Å². The molecule has 0 spiro atoms. The van der Waals surface area contributed by atoms with Crippen LogP contribution in [0.4, 0.5) is 5.69 Å². The molecule has 1 N–H and O–H groups in total. The molecule has 1 aromatic heterocycles. The highest BCUT2D eigenvalue weighted by Gasteiger charge is 2.22. The molecule has 4 rings (SSSR count). The number of hydrogen-bond donors (Lipinski definition) is 1. The monoisotopic (exact) mass is 387 g/mol. The third-order valence-corrected chi connectivity index (χ3v) is 6.52. The Morgan fingerprint density at radius 1 is 1.20 bits per heavy atom. The first kappa shape index (κ1) is 16.5. The molecular weight excluding hydrogens is 374 g/mol. The van der Waals surface area contributed by atoms with Gasteiger partial charge in [0.1, 0.15) is 5.75 Å². The molecule has 2 heterocycles. The number of thiophene rings is 1. The number of anilines is 1. The molecule has 0 unspecified atom stereocenters. The Kier molecular flexibility index (Phi) is 4.46. The van der Waals surface area contributed by atoms with Crippen molar-refractivity contribution in [2.45, 2.75) is 10.6 Å². The van der Waals surface area contributed by atoms with E-state index in [4.69, 9.17) is 16.3 Å². The third kappa shape index (κ3) is 3.15. The second-order valence-corrected chi connectivity index (χ2v) is 8.05. The number of thioether (sulfide) groups is 1. The fourth-order valence-corrected chi connectivity index (χ4v) is 5.26. The quantitative estimate of drug-likeness (QED) is 0.604. The fourth-order valence-electron chi connectivity index (χ4n) is 2.77. The van der Waals surface area contributed by atoms with Crippen LogP contribution >= 0.6 is 34.7 Å². The van der Waals surface area contributed by atoms with Gasteiger partial charge in [0.25, 0.3) is 5.91 Å². The first-order chi connectivity index (χ1) is 12.2. The number of amides is 1. The molecule has 1 amide bonds. The van der Waals surface area contributed by atoms with Crippen molar-refractivity contribution in [1.82, 2.24) is 0 Å². The Balaban J connectivity index is 1.65. The first-order valence-corrected chi connectivity index (χ1v) is 9.83. The van der Waals surface area contributed by atoms with Gasteiger partial charge in [0.05, 0.1) is 17.7 Å². The van der Waals surface area contributed by atoms with E-state index in [1.165, 1.54) is 32.2 Å². The number of halogens is 1. The summed E-state index contributed by atoms with van der Waals surface area (Å²) in [6.45, 7) is 0. The van der Waals surface area contributed by atoms with Gasteiger partial charge >= 0.3 is 0 Å². The first-order valence-electron chi connectivity index (χ1n) is 7.65. The Hall–Kier alpha value is -1.95. The van der Waals surface area contributed by atoms with Crippen LogP contribution in [-0.4, -0.2) is 13.0 Å². The molecule has 3 nitrogen and oxygen atoms in total. The summed E-state index contributed by atoms with van der Waals surface area (Å²) in [5.74, 6) is 1.32. The summed E-state index contributed by atoms with van der Waals surface area (Å²) in [6, 6.07) is 15.5. The standard InChI is InChI=1S/C19H14ClNO2S2/c1-23-15-7-6-12(20)9-14(15)21-19(22)17-8-11-10-24-16-5-3-2-4-13(16)18(11)25-17/h2-9H,10H2,1H3,(H,21,22). The Bertz CT molecular complexity index is 968. The lowest BCUT2D eigenvalue weighted by Gasteiger charge is -2.14. The van der Waals surface area contributed by atoms with Crippen LogP contribution in [-0.2, 0) is 5.75 Å². The average molecular weight is 388 g/mol. The number of methoxy groups -OCH3 is 1. The molecule has 3 aromatic rings. The van der Waals surface area contributed by atoms with Crippen molar-refractivity contribution < 1.29 is 9.53 Å². The second kappa shape index (κ2) is 6.75. The van der Waals surface area contributed by atoms with Crippen molar-refractivity contribution in [3.8, 4) is 16.2 Å². The third-order valence-electron chi connectivity index (χ3n) is 3.96. The van der Waals surface area contributed by atoms with Crippen molar-refractivity contribution in [3.05, 3.63) is 64.0 Å². The molecule has 0 fully saturated rings. The molecule has 0 bridgehead atoms. The predicted molar refractivity (Wildman–Crippen MR) is 105 cm³/mol. The highest BCUT2D eigenvalue weighted by molar-refractivity contribution is 7.98. The van der Waals surface area contributed by atoms with Crippen molar-refractivity contribution in [3.63, 3.8) is 0 Å². The number of benzene rings is 2. The highest BCUT2D eigenvalue weighted by atomic mass is 35.5. The Morgan fingerprint density at radius 2 is 2.04 bits per heavy atom.